The van der Waals surface area contributed by atoms with E-state index in [1.165, 1.54) is 21.6 Å². The van der Waals surface area contributed by atoms with Gasteiger partial charge >= 0.3 is 0 Å². The SMILES string of the molecule is Cc1cccc(Cc2sc(CN)nc2C)c1C. The van der Waals surface area contributed by atoms with Crippen LogP contribution in [0.4, 0.5) is 0 Å². The molecule has 0 spiro atoms. The maximum absolute atomic E-state index is 5.63. The van der Waals surface area contributed by atoms with Crippen molar-refractivity contribution >= 4 is 11.3 Å². The van der Waals surface area contributed by atoms with Gasteiger partial charge in [0.25, 0.3) is 0 Å². The van der Waals surface area contributed by atoms with Crippen molar-refractivity contribution in [3.05, 3.63) is 50.5 Å². The van der Waals surface area contributed by atoms with Crippen LogP contribution in [0.15, 0.2) is 18.2 Å². The highest BCUT2D eigenvalue weighted by Crippen LogP contribution is 2.23. The summed E-state index contributed by atoms with van der Waals surface area (Å²) in [6.07, 6.45) is 0.969. The average Bonchev–Trinajstić information content (AvgIpc) is 2.66. The van der Waals surface area contributed by atoms with E-state index in [1.807, 2.05) is 0 Å². The van der Waals surface area contributed by atoms with Gasteiger partial charge in [-0.05, 0) is 37.5 Å². The highest BCUT2D eigenvalue weighted by Gasteiger charge is 2.09. The zero-order chi connectivity index (χ0) is 12.4. The Bertz CT molecular complexity index is 529. The van der Waals surface area contributed by atoms with Crippen LogP contribution in [-0.4, -0.2) is 4.98 Å². The van der Waals surface area contributed by atoms with Crippen LogP contribution in [0.25, 0.3) is 0 Å². The van der Waals surface area contributed by atoms with Crippen molar-refractivity contribution in [2.75, 3.05) is 0 Å². The summed E-state index contributed by atoms with van der Waals surface area (Å²) < 4.78 is 0. The number of aryl methyl sites for hydroxylation is 2. The first kappa shape index (κ1) is 12.3. The maximum Gasteiger partial charge on any atom is 0.107 e. The fraction of sp³-hybridized carbons (Fsp3) is 0.357. The summed E-state index contributed by atoms with van der Waals surface area (Å²) in [7, 11) is 0. The highest BCUT2D eigenvalue weighted by atomic mass is 32.1. The second kappa shape index (κ2) is 4.98. The molecule has 2 aromatic rings. The molecule has 0 unspecified atom stereocenters. The van der Waals surface area contributed by atoms with Crippen molar-refractivity contribution in [2.45, 2.75) is 33.7 Å². The van der Waals surface area contributed by atoms with Gasteiger partial charge in [-0.3, -0.25) is 0 Å². The number of thiazole rings is 1. The molecule has 3 heteroatoms. The van der Waals surface area contributed by atoms with E-state index < -0.39 is 0 Å². The molecule has 90 valence electrons. The third-order valence-corrected chi connectivity index (χ3v) is 4.36. The van der Waals surface area contributed by atoms with E-state index in [-0.39, 0.29) is 0 Å². The topological polar surface area (TPSA) is 38.9 Å². The van der Waals surface area contributed by atoms with Gasteiger partial charge in [-0.25, -0.2) is 4.98 Å². The molecule has 0 aliphatic carbocycles. The molecule has 0 bridgehead atoms. The molecule has 0 saturated carbocycles. The van der Waals surface area contributed by atoms with Crippen molar-refractivity contribution in [3.63, 3.8) is 0 Å². The van der Waals surface area contributed by atoms with Gasteiger partial charge in [0.15, 0.2) is 0 Å². The molecule has 0 atom stereocenters. The highest BCUT2D eigenvalue weighted by molar-refractivity contribution is 7.11. The lowest BCUT2D eigenvalue weighted by molar-refractivity contribution is 1.01. The van der Waals surface area contributed by atoms with Gasteiger partial charge in [0, 0.05) is 17.8 Å². The van der Waals surface area contributed by atoms with E-state index >= 15 is 0 Å². The number of nitrogens with zero attached hydrogens (tertiary/aromatic N) is 1. The summed E-state index contributed by atoms with van der Waals surface area (Å²) in [5.74, 6) is 0. The van der Waals surface area contributed by atoms with Crippen molar-refractivity contribution in [3.8, 4) is 0 Å². The molecule has 0 amide bonds. The summed E-state index contributed by atoms with van der Waals surface area (Å²) >= 11 is 1.73. The molecule has 2 N–H and O–H groups in total. The summed E-state index contributed by atoms with van der Waals surface area (Å²) in [6.45, 7) is 6.95. The maximum atomic E-state index is 5.63. The van der Waals surface area contributed by atoms with Crippen LogP contribution in [-0.2, 0) is 13.0 Å². The standard InChI is InChI=1S/C14H18N2S/c1-9-5-4-6-12(10(9)2)7-13-11(3)16-14(8-15)17-13/h4-6H,7-8,15H2,1-3H3. The second-order valence-corrected chi connectivity index (χ2v) is 5.52. The average molecular weight is 246 g/mol. The predicted octanol–water partition coefficient (Wildman–Crippen LogP) is 3.12. The Labute approximate surface area is 107 Å². The van der Waals surface area contributed by atoms with Crippen LogP contribution < -0.4 is 5.73 Å². The molecule has 0 radical (unpaired) electrons. The van der Waals surface area contributed by atoms with Crippen LogP contribution in [0.5, 0.6) is 0 Å². The van der Waals surface area contributed by atoms with Crippen LogP contribution in [0, 0.1) is 20.8 Å². The summed E-state index contributed by atoms with van der Waals surface area (Å²) in [5, 5.41) is 1.03. The molecule has 0 saturated heterocycles. The number of hydrogen-bond donors (Lipinski definition) is 1. The van der Waals surface area contributed by atoms with E-state index in [1.54, 1.807) is 11.3 Å². The fourth-order valence-corrected chi connectivity index (χ4v) is 2.89. The van der Waals surface area contributed by atoms with Gasteiger partial charge in [-0.15, -0.1) is 11.3 Å². The Hall–Kier alpha value is -1.19. The minimum atomic E-state index is 0.540. The lowest BCUT2D eigenvalue weighted by Crippen LogP contribution is -1.94. The monoisotopic (exact) mass is 246 g/mol. The van der Waals surface area contributed by atoms with Gasteiger partial charge < -0.3 is 5.73 Å². The molecule has 1 aromatic heterocycles. The second-order valence-electron chi connectivity index (χ2n) is 4.36. The van der Waals surface area contributed by atoms with Crippen molar-refractivity contribution in [1.82, 2.24) is 4.98 Å². The van der Waals surface area contributed by atoms with E-state index in [0.29, 0.717) is 6.54 Å². The lowest BCUT2D eigenvalue weighted by atomic mass is 10.0. The molecule has 2 nitrogen and oxygen atoms in total. The van der Waals surface area contributed by atoms with Gasteiger partial charge in [0.05, 0.1) is 5.69 Å². The first-order valence-electron chi connectivity index (χ1n) is 5.82. The Balaban J connectivity index is 2.31. The third-order valence-electron chi connectivity index (χ3n) is 3.18. The third kappa shape index (κ3) is 2.56. The fourth-order valence-electron chi connectivity index (χ4n) is 1.92. The zero-order valence-corrected chi connectivity index (χ0v) is 11.4. The van der Waals surface area contributed by atoms with Crippen molar-refractivity contribution in [2.24, 2.45) is 5.73 Å². The Kier molecular flexibility index (Phi) is 3.60. The van der Waals surface area contributed by atoms with Crippen LogP contribution in [0.2, 0.25) is 0 Å². The van der Waals surface area contributed by atoms with Gasteiger partial charge in [0.1, 0.15) is 5.01 Å². The Morgan fingerprint density at radius 2 is 2.00 bits per heavy atom. The molecule has 17 heavy (non-hydrogen) atoms. The van der Waals surface area contributed by atoms with Crippen LogP contribution in [0.3, 0.4) is 0 Å². The minimum Gasteiger partial charge on any atom is -0.325 e. The first-order valence-corrected chi connectivity index (χ1v) is 6.63. The number of rotatable bonds is 3. The smallest absolute Gasteiger partial charge is 0.107 e. The van der Waals surface area contributed by atoms with Crippen molar-refractivity contribution < 1.29 is 0 Å². The van der Waals surface area contributed by atoms with Gasteiger partial charge in [0.2, 0.25) is 0 Å². The summed E-state index contributed by atoms with van der Waals surface area (Å²) in [4.78, 5) is 5.80. The number of hydrogen-bond acceptors (Lipinski definition) is 3. The Morgan fingerprint density at radius 1 is 1.24 bits per heavy atom. The van der Waals surface area contributed by atoms with E-state index in [0.717, 1.165) is 17.1 Å². The van der Waals surface area contributed by atoms with Crippen molar-refractivity contribution in [1.29, 1.82) is 0 Å². The van der Waals surface area contributed by atoms with Crippen LogP contribution >= 0.6 is 11.3 Å². The van der Waals surface area contributed by atoms with Gasteiger partial charge in [-0.2, -0.15) is 0 Å². The lowest BCUT2D eigenvalue weighted by Gasteiger charge is -2.07. The molecule has 1 heterocycles. The largest absolute Gasteiger partial charge is 0.325 e. The molecule has 0 fully saturated rings. The first-order chi connectivity index (χ1) is 8.11. The zero-order valence-electron chi connectivity index (χ0n) is 10.6. The molecular weight excluding hydrogens is 228 g/mol. The van der Waals surface area contributed by atoms with E-state index in [2.05, 4.69) is 44.0 Å². The van der Waals surface area contributed by atoms with E-state index in [9.17, 15) is 0 Å². The molecular formula is C14H18N2S. The van der Waals surface area contributed by atoms with Crippen LogP contribution in [0.1, 0.15) is 32.3 Å². The molecule has 0 aliphatic rings. The number of nitrogens with two attached hydrogens (primary N) is 1. The molecule has 2 rings (SSSR count). The number of aromatic nitrogens is 1. The minimum absolute atomic E-state index is 0.540. The van der Waals surface area contributed by atoms with Gasteiger partial charge in [-0.1, -0.05) is 18.2 Å². The quantitative estimate of drug-likeness (QED) is 0.903. The normalized spacial score (nSPS) is 10.8. The number of benzene rings is 1. The molecule has 1 aromatic carbocycles. The summed E-state index contributed by atoms with van der Waals surface area (Å²) in [5.41, 5.74) is 10.9. The summed E-state index contributed by atoms with van der Waals surface area (Å²) in [6, 6.07) is 6.48. The van der Waals surface area contributed by atoms with E-state index in [4.69, 9.17) is 5.73 Å². The molecule has 0 aliphatic heterocycles. The Morgan fingerprint density at radius 3 is 2.65 bits per heavy atom. The predicted molar refractivity (Wildman–Crippen MR) is 73.5 cm³/mol.